The summed E-state index contributed by atoms with van der Waals surface area (Å²) in [6.07, 6.45) is 0.391. The highest BCUT2D eigenvalue weighted by molar-refractivity contribution is 6.02. The van der Waals surface area contributed by atoms with Crippen molar-refractivity contribution < 1.29 is 24.2 Å². The minimum atomic E-state index is -0.891. The third-order valence-corrected chi connectivity index (χ3v) is 3.41. The second-order valence-electron chi connectivity index (χ2n) is 5.05. The van der Waals surface area contributed by atoms with Crippen molar-refractivity contribution >= 4 is 23.5 Å². The Balaban J connectivity index is 1.99. The maximum atomic E-state index is 12.2. The molecule has 0 radical (unpaired) electrons. The Labute approximate surface area is 128 Å². The first-order valence-corrected chi connectivity index (χ1v) is 6.97. The van der Waals surface area contributed by atoms with E-state index in [1.807, 2.05) is 0 Å². The fraction of sp³-hybridized carbons (Fsp3) is 0.400. The molecule has 0 aromatic heterocycles. The number of anilines is 1. The van der Waals surface area contributed by atoms with Crippen LogP contribution in [0, 0.1) is 0 Å². The molecule has 0 unspecified atom stereocenters. The van der Waals surface area contributed by atoms with Gasteiger partial charge in [-0.1, -0.05) is 12.1 Å². The molecule has 0 spiro atoms. The molecule has 0 atom stereocenters. The van der Waals surface area contributed by atoms with E-state index < -0.39 is 5.97 Å². The smallest absolute Gasteiger partial charge is 0.303 e. The van der Waals surface area contributed by atoms with Crippen LogP contribution in [-0.2, 0) is 14.4 Å². The van der Waals surface area contributed by atoms with Crippen LogP contribution in [0.3, 0.4) is 0 Å². The first kappa shape index (κ1) is 15.8. The number of aliphatic carboxylic acids is 1. The van der Waals surface area contributed by atoms with Gasteiger partial charge in [0, 0.05) is 20.0 Å². The topological polar surface area (TPSA) is 87.2 Å². The number of hydrogen-bond donors (Lipinski definition) is 1. The lowest BCUT2D eigenvalue weighted by Crippen LogP contribution is -2.45. The fourth-order valence-corrected chi connectivity index (χ4v) is 2.18. The average Bonchev–Trinajstić information content (AvgIpc) is 2.49. The van der Waals surface area contributed by atoms with E-state index >= 15 is 0 Å². The zero-order valence-corrected chi connectivity index (χ0v) is 12.3. The van der Waals surface area contributed by atoms with Gasteiger partial charge in [0.1, 0.15) is 12.3 Å². The summed E-state index contributed by atoms with van der Waals surface area (Å²) < 4.78 is 5.32. The number of likely N-dealkylation sites (N-methyl/N-ethyl adjacent to an activating group) is 1. The zero-order chi connectivity index (χ0) is 16.1. The van der Waals surface area contributed by atoms with Gasteiger partial charge in [-0.3, -0.25) is 19.3 Å². The normalized spacial score (nSPS) is 13.3. The number of carbonyl (C=O) groups excluding carboxylic acids is 2. The third-order valence-electron chi connectivity index (χ3n) is 3.41. The van der Waals surface area contributed by atoms with Crippen LogP contribution in [0.5, 0.6) is 5.75 Å². The van der Waals surface area contributed by atoms with Gasteiger partial charge in [0.2, 0.25) is 5.91 Å². The number of para-hydroxylation sites is 2. The largest absolute Gasteiger partial charge is 0.482 e. The predicted molar refractivity (Wildman–Crippen MR) is 78.8 cm³/mol. The summed E-state index contributed by atoms with van der Waals surface area (Å²) in [5, 5.41) is 8.60. The maximum absolute atomic E-state index is 12.2. The van der Waals surface area contributed by atoms with Crippen molar-refractivity contribution in [1.82, 2.24) is 4.90 Å². The van der Waals surface area contributed by atoms with E-state index in [0.717, 1.165) is 0 Å². The van der Waals surface area contributed by atoms with Crippen molar-refractivity contribution in [2.45, 2.75) is 12.8 Å². The van der Waals surface area contributed by atoms with E-state index in [1.54, 1.807) is 31.3 Å². The lowest BCUT2D eigenvalue weighted by atomic mass is 10.2. The second kappa shape index (κ2) is 6.93. The lowest BCUT2D eigenvalue weighted by molar-refractivity contribution is -0.137. The Bertz CT molecular complexity index is 587. The van der Waals surface area contributed by atoms with Crippen molar-refractivity contribution in [2.24, 2.45) is 0 Å². The summed E-state index contributed by atoms with van der Waals surface area (Å²) in [5.74, 6) is -0.831. The molecule has 1 aliphatic rings. The first-order chi connectivity index (χ1) is 10.5. The van der Waals surface area contributed by atoms with Crippen molar-refractivity contribution in [1.29, 1.82) is 0 Å². The van der Waals surface area contributed by atoms with E-state index in [-0.39, 0.29) is 31.4 Å². The van der Waals surface area contributed by atoms with Gasteiger partial charge in [-0.05, 0) is 18.6 Å². The standard InChI is InChI=1S/C15H18N2O5/c1-16(8-4-7-15(20)21)13(18)9-17-11-5-2-3-6-12(11)22-10-14(17)19/h2-3,5-6H,4,7-10H2,1H3,(H,20,21). The number of amides is 2. The Hall–Kier alpha value is -2.57. The third kappa shape index (κ3) is 3.75. The minimum absolute atomic E-state index is 0.0109. The SMILES string of the molecule is CN(CCCC(=O)O)C(=O)CN1C(=O)COc2ccccc21. The van der Waals surface area contributed by atoms with E-state index in [4.69, 9.17) is 9.84 Å². The van der Waals surface area contributed by atoms with Gasteiger partial charge in [-0.15, -0.1) is 0 Å². The van der Waals surface area contributed by atoms with E-state index in [1.165, 1.54) is 9.80 Å². The molecular formula is C15H18N2O5. The zero-order valence-electron chi connectivity index (χ0n) is 12.3. The van der Waals surface area contributed by atoms with Gasteiger partial charge in [-0.2, -0.15) is 0 Å². The number of carbonyl (C=O) groups is 3. The summed E-state index contributed by atoms with van der Waals surface area (Å²) >= 11 is 0. The molecule has 1 heterocycles. The Morgan fingerprint density at radius 1 is 1.36 bits per heavy atom. The summed E-state index contributed by atoms with van der Waals surface area (Å²) in [4.78, 5) is 37.5. The van der Waals surface area contributed by atoms with Crippen LogP contribution < -0.4 is 9.64 Å². The molecule has 1 aliphatic heterocycles. The quantitative estimate of drug-likeness (QED) is 0.837. The van der Waals surface area contributed by atoms with Gasteiger partial charge in [0.25, 0.3) is 5.91 Å². The molecule has 22 heavy (non-hydrogen) atoms. The van der Waals surface area contributed by atoms with E-state index in [9.17, 15) is 14.4 Å². The molecule has 1 N–H and O–H groups in total. The average molecular weight is 306 g/mol. The number of fused-ring (bicyclic) bond motifs is 1. The number of carboxylic acid groups (broad SMARTS) is 1. The molecule has 1 aromatic carbocycles. The highest BCUT2D eigenvalue weighted by atomic mass is 16.5. The minimum Gasteiger partial charge on any atom is -0.482 e. The molecular weight excluding hydrogens is 288 g/mol. The van der Waals surface area contributed by atoms with E-state index in [0.29, 0.717) is 24.4 Å². The van der Waals surface area contributed by atoms with Crippen LogP contribution in [0.4, 0.5) is 5.69 Å². The monoisotopic (exact) mass is 306 g/mol. The number of rotatable bonds is 6. The second-order valence-corrected chi connectivity index (χ2v) is 5.05. The highest BCUT2D eigenvalue weighted by Gasteiger charge is 2.27. The predicted octanol–water partition coefficient (Wildman–Crippen LogP) is 0.735. The van der Waals surface area contributed by atoms with Crippen LogP contribution in [0.1, 0.15) is 12.8 Å². The van der Waals surface area contributed by atoms with Crippen LogP contribution in [-0.4, -0.2) is 54.5 Å². The molecule has 7 nitrogen and oxygen atoms in total. The first-order valence-electron chi connectivity index (χ1n) is 6.97. The molecule has 2 amide bonds. The molecule has 0 bridgehead atoms. The molecule has 118 valence electrons. The van der Waals surface area contributed by atoms with Gasteiger partial charge >= 0.3 is 5.97 Å². The lowest BCUT2D eigenvalue weighted by Gasteiger charge is -2.30. The van der Waals surface area contributed by atoms with Gasteiger partial charge in [0.15, 0.2) is 6.61 Å². The molecule has 0 saturated heterocycles. The highest BCUT2D eigenvalue weighted by Crippen LogP contribution is 2.31. The summed E-state index contributed by atoms with van der Waals surface area (Å²) in [6.45, 7) is 0.168. The summed E-state index contributed by atoms with van der Waals surface area (Å²) in [7, 11) is 1.60. The molecule has 2 rings (SSSR count). The number of ether oxygens (including phenoxy) is 1. The number of carboxylic acids is 1. The maximum Gasteiger partial charge on any atom is 0.303 e. The van der Waals surface area contributed by atoms with Crippen molar-refractivity contribution in [2.75, 3.05) is 31.6 Å². The number of hydrogen-bond acceptors (Lipinski definition) is 4. The Kier molecular flexibility index (Phi) is 4.98. The van der Waals surface area contributed by atoms with Crippen LogP contribution in [0.2, 0.25) is 0 Å². The number of benzene rings is 1. The van der Waals surface area contributed by atoms with Crippen molar-refractivity contribution in [3.05, 3.63) is 24.3 Å². The van der Waals surface area contributed by atoms with Gasteiger partial charge in [-0.25, -0.2) is 0 Å². The van der Waals surface area contributed by atoms with Crippen LogP contribution in [0.25, 0.3) is 0 Å². The van der Waals surface area contributed by atoms with Gasteiger partial charge in [0.05, 0.1) is 5.69 Å². The van der Waals surface area contributed by atoms with Crippen LogP contribution in [0.15, 0.2) is 24.3 Å². The molecule has 0 aliphatic carbocycles. The Morgan fingerprint density at radius 3 is 2.82 bits per heavy atom. The van der Waals surface area contributed by atoms with E-state index in [2.05, 4.69) is 0 Å². The van der Waals surface area contributed by atoms with Crippen molar-refractivity contribution in [3.8, 4) is 5.75 Å². The molecule has 1 aromatic rings. The Morgan fingerprint density at radius 2 is 2.09 bits per heavy atom. The number of nitrogens with zero attached hydrogens (tertiary/aromatic N) is 2. The molecule has 7 heteroatoms. The summed E-state index contributed by atoms with van der Waals surface area (Å²) in [6, 6.07) is 7.04. The molecule has 0 saturated carbocycles. The molecule has 0 fully saturated rings. The van der Waals surface area contributed by atoms with Gasteiger partial charge < -0.3 is 14.7 Å². The summed E-state index contributed by atoms with van der Waals surface area (Å²) in [5.41, 5.74) is 0.575. The fourth-order valence-electron chi connectivity index (χ4n) is 2.18. The van der Waals surface area contributed by atoms with Crippen LogP contribution >= 0.6 is 0 Å². The van der Waals surface area contributed by atoms with Crippen molar-refractivity contribution in [3.63, 3.8) is 0 Å².